The predicted octanol–water partition coefficient (Wildman–Crippen LogP) is 2.99. The summed E-state index contributed by atoms with van der Waals surface area (Å²) in [5.41, 5.74) is 8.70. The van der Waals surface area contributed by atoms with Crippen LogP contribution >= 0.6 is 11.6 Å². The summed E-state index contributed by atoms with van der Waals surface area (Å²) in [5.74, 6) is 0.455. The predicted molar refractivity (Wildman–Crippen MR) is 95.9 cm³/mol. The van der Waals surface area contributed by atoms with Gasteiger partial charge in [-0.25, -0.2) is 14.6 Å². The standard InChI is InChI=1S/C17H19ClN6/c1-10(2)23-7-13(8-23)24-17-14(16(19)20-9-21-17)15(22-24)11-3-5-12(18)6-4-11/h3-6,9-10,13H,7-8H2,1-2H3,(H2,19,20,21). The van der Waals surface area contributed by atoms with Crippen molar-refractivity contribution in [3.8, 4) is 11.3 Å². The maximum absolute atomic E-state index is 6.13. The fourth-order valence-corrected chi connectivity index (χ4v) is 3.25. The first-order chi connectivity index (χ1) is 11.5. The molecule has 3 heterocycles. The third kappa shape index (κ3) is 2.42. The average Bonchev–Trinajstić information content (AvgIpc) is 2.87. The van der Waals surface area contributed by atoms with E-state index in [2.05, 4.69) is 28.7 Å². The minimum absolute atomic E-state index is 0.310. The number of nitrogens with zero attached hydrogens (tertiary/aromatic N) is 5. The number of hydrogen-bond donors (Lipinski definition) is 1. The van der Waals surface area contributed by atoms with E-state index in [1.807, 2.05) is 28.9 Å². The number of anilines is 1. The molecule has 2 N–H and O–H groups in total. The molecule has 2 aromatic heterocycles. The average molecular weight is 343 g/mol. The number of rotatable bonds is 3. The van der Waals surface area contributed by atoms with E-state index < -0.39 is 0 Å². The quantitative estimate of drug-likeness (QED) is 0.792. The molecule has 0 radical (unpaired) electrons. The molecule has 1 aliphatic heterocycles. The van der Waals surface area contributed by atoms with Crippen LogP contribution in [-0.4, -0.2) is 43.8 Å². The zero-order chi connectivity index (χ0) is 16.8. The van der Waals surface area contributed by atoms with E-state index in [9.17, 15) is 0 Å². The molecule has 0 aliphatic carbocycles. The van der Waals surface area contributed by atoms with Crippen molar-refractivity contribution >= 4 is 28.5 Å². The van der Waals surface area contributed by atoms with Gasteiger partial charge < -0.3 is 5.73 Å². The molecule has 0 bridgehead atoms. The number of nitrogen functional groups attached to an aromatic ring is 1. The molecule has 24 heavy (non-hydrogen) atoms. The maximum Gasteiger partial charge on any atom is 0.164 e. The van der Waals surface area contributed by atoms with Crippen LogP contribution in [0.5, 0.6) is 0 Å². The zero-order valence-electron chi connectivity index (χ0n) is 13.6. The van der Waals surface area contributed by atoms with Gasteiger partial charge in [0.2, 0.25) is 0 Å². The molecule has 3 aromatic rings. The summed E-state index contributed by atoms with van der Waals surface area (Å²) in [4.78, 5) is 11.0. The summed E-state index contributed by atoms with van der Waals surface area (Å²) in [6.07, 6.45) is 1.50. The Bertz CT molecular complexity index is 880. The second kappa shape index (κ2) is 5.72. The van der Waals surface area contributed by atoms with Gasteiger partial charge in [-0.2, -0.15) is 5.10 Å². The molecule has 124 valence electrons. The van der Waals surface area contributed by atoms with Gasteiger partial charge in [0.15, 0.2) is 5.65 Å². The molecule has 7 heteroatoms. The van der Waals surface area contributed by atoms with Crippen LogP contribution in [0.25, 0.3) is 22.3 Å². The molecule has 0 saturated carbocycles. The maximum atomic E-state index is 6.13. The molecule has 1 aromatic carbocycles. The monoisotopic (exact) mass is 342 g/mol. The molecule has 0 amide bonds. The third-order valence-electron chi connectivity index (χ3n) is 4.60. The fourth-order valence-electron chi connectivity index (χ4n) is 3.12. The van der Waals surface area contributed by atoms with Crippen LogP contribution in [0.15, 0.2) is 30.6 Å². The Morgan fingerprint density at radius 2 is 1.88 bits per heavy atom. The van der Waals surface area contributed by atoms with Crippen LogP contribution in [0.3, 0.4) is 0 Å². The largest absolute Gasteiger partial charge is 0.383 e. The molecule has 1 fully saturated rings. The number of halogens is 1. The highest BCUT2D eigenvalue weighted by molar-refractivity contribution is 6.30. The van der Waals surface area contributed by atoms with Gasteiger partial charge in [-0.1, -0.05) is 23.7 Å². The van der Waals surface area contributed by atoms with E-state index in [0.29, 0.717) is 22.9 Å². The number of benzene rings is 1. The van der Waals surface area contributed by atoms with Crippen LogP contribution in [0, 0.1) is 0 Å². The molecule has 0 atom stereocenters. The zero-order valence-corrected chi connectivity index (χ0v) is 14.4. The van der Waals surface area contributed by atoms with Gasteiger partial charge in [-0.3, -0.25) is 4.90 Å². The minimum atomic E-state index is 0.310. The van der Waals surface area contributed by atoms with E-state index in [-0.39, 0.29) is 0 Å². The van der Waals surface area contributed by atoms with E-state index >= 15 is 0 Å². The van der Waals surface area contributed by atoms with Gasteiger partial charge in [-0.15, -0.1) is 0 Å². The van der Waals surface area contributed by atoms with Crippen molar-refractivity contribution in [3.63, 3.8) is 0 Å². The lowest BCUT2D eigenvalue weighted by Gasteiger charge is -2.41. The van der Waals surface area contributed by atoms with Crippen molar-refractivity contribution in [3.05, 3.63) is 35.6 Å². The number of likely N-dealkylation sites (tertiary alicyclic amines) is 1. The van der Waals surface area contributed by atoms with Crippen molar-refractivity contribution < 1.29 is 0 Å². The van der Waals surface area contributed by atoms with Gasteiger partial charge in [0.05, 0.1) is 11.4 Å². The number of aromatic nitrogens is 4. The van der Waals surface area contributed by atoms with Crippen molar-refractivity contribution in [2.75, 3.05) is 18.8 Å². The van der Waals surface area contributed by atoms with Gasteiger partial charge in [0.25, 0.3) is 0 Å². The van der Waals surface area contributed by atoms with Crippen LogP contribution in [-0.2, 0) is 0 Å². The summed E-state index contributed by atoms with van der Waals surface area (Å²) in [6.45, 7) is 6.35. The topological polar surface area (TPSA) is 72.9 Å². The first kappa shape index (κ1) is 15.4. The van der Waals surface area contributed by atoms with Crippen molar-refractivity contribution in [1.82, 2.24) is 24.6 Å². The molecule has 1 saturated heterocycles. The third-order valence-corrected chi connectivity index (χ3v) is 4.85. The van der Waals surface area contributed by atoms with Crippen LogP contribution in [0.4, 0.5) is 5.82 Å². The first-order valence-electron chi connectivity index (χ1n) is 8.03. The Morgan fingerprint density at radius 3 is 2.54 bits per heavy atom. The smallest absolute Gasteiger partial charge is 0.164 e. The summed E-state index contributed by atoms with van der Waals surface area (Å²) < 4.78 is 2.00. The normalized spacial score (nSPS) is 16.0. The van der Waals surface area contributed by atoms with Crippen LogP contribution < -0.4 is 5.73 Å². The van der Waals surface area contributed by atoms with Crippen LogP contribution in [0.1, 0.15) is 19.9 Å². The molecular formula is C17H19ClN6. The lowest BCUT2D eigenvalue weighted by molar-refractivity contribution is 0.0698. The van der Waals surface area contributed by atoms with Crippen molar-refractivity contribution in [2.24, 2.45) is 0 Å². The van der Waals surface area contributed by atoms with Gasteiger partial charge in [0.1, 0.15) is 17.8 Å². The lowest BCUT2D eigenvalue weighted by atomic mass is 10.1. The lowest BCUT2D eigenvalue weighted by Crippen LogP contribution is -2.51. The van der Waals surface area contributed by atoms with E-state index in [1.165, 1.54) is 6.33 Å². The first-order valence-corrected chi connectivity index (χ1v) is 8.41. The van der Waals surface area contributed by atoms with E-state index in [1.54, 1.807) is 0 Å². The van der Waals surface area contributed by atoms with Crippen LogP contribution in [0.2, 0.25) is 5.02 Å². The summed E-state index contributed by atoms with van der Waals surface area (Å²) >= 11 is 6.00. The Labute approximate surface area is 145 Å². The van der Waals surface area contributed by atoms with E-state index in [0.717, 1.165) is 35.4 Å². The summed E-state index contributed by atoms with van der Waals surface area (Å²) in [5, 5.41) is 6.33. The minimum Gasteiger partial charge on any atom is -0.383 e. The molecule has 0 spiro atoms. The molecule has 0 unspecified atom stereocenters. The molecule has 4 rings (SSSR count). The highest BCUT2D eigenvalue weighted by Crippen LogP contribution is 2.34. The van der Waals surface area contributed by atoms with Crippen molar-refractivity contribution in [2.45, 2.75) is 25.9 Å². The molecule has 1 aliphatic rings. The van der Waals surface area contributed by atoms with Gasteiger partial charge >= 0.3 is 0 Å². The van der Waals surface area contributed by atoms with Gasteiger partial charge in [0, 0.05) is 29.7 Å². The summed E-state index contributed by atoms with van der Waals surface area (Å²) in [7, 11) is 0. The molecule has 6 nitrogen and oxygen atoms in total. The highest BCUT2D eigenvalue weighted by atomic mass is 35.5. The Balaban J connectivity index is 1.82. The number of nitrogens with two attached hydrogens (primary N) is 1. The van der Waals surface area contributed by atoms with Gasteiger partial charge in [-0.05, 0) is 26.0 Å². The fraction of sp³-hybridized carbons (Fsp3) is 0.353. The number of hydrogen-bond acceptors (Lipinski definition) is 5. The van der Waals surface area contributed by atoms with Crippen molar-refractivity contribution in [1.29, 1.82) is 0 Å². The second-order valence-corrected chi connectivity index (χ2v) is 6.90. The molecular weight excluding hydrogens is 324 g/mol. The SMILES string of the molecule is CC(C)N1CC(n2nc(-c3ccc(Cl)cc3)c3c(N)ncnc32)C1. The Kier molecular flexibility index (Phi) is 3.66. The Hall–Kier alpha value is -2.18. The summed E-state index contributed by atoms with van der Waals surface area (Å²) in [6, 6.07) is 8.45. The van der Waals surface area contributed by atoms with E-state index in [4.69, 9.17) is 22.4 Å². The second-order valence-electron chi connectivity index (χ2n) is 6.46. The number of fused-ring (bicyclic) bond motifs is 1. The highest BCUT2D eigenvalue weighted by Gasteiger charge is 2.33. The Morgan fingerprint density at radius 1 is 1.17 bits per heavy atom.